The van der Waals surface area contributed by atoms with Crippen LogP contribution in [0.3, 0.4) is 0 Å². The van der Waals surface area contributed by atoms with E-state index in [9.17, 15) is 9.18 Å². The number of amides is 1. The highest BCUT2D eigenvalue weighted by molar-refractivity contribution is 6.34. The molecule has 1 aliphatic heterocycles. The van der Waals surface area contributed by atoms with Crippen molar-refractivity contribution in [2.45, 2.75) is 0 Å². The number of benzene rings is 2. The first-order valence-electron chi connectivity index (χ1n) is 9.11. The molecule has 1 saturated heterocycles. The first kappa shape index (κ1) is 19.6. The Labute approximate surface area is 177 Å². The summed E-state index contributed by atoms with van der Waals surface area (Å²) in [5.41, 5.74) is 1.44. The van der Waals surface area contributed by atoms with Gasteiger partial charge >= 0.3 is 0 Å². The normalized spacial score (nSPS) is 14.2. The fourth-order valence-electron chi connectivity index (χ4n) is 3.31. The molecule has 0 bridgehead atoms. The van der Waals surface area contributed by atoms with E-state index in [1.807, 2.05) is 41.3 Å². The van der Waals surface area contributed by atoms with Gasteiger partial charge in [-0.15, -0.1) is 10.2 Å². The fraction of sp³-hybridized carbons (Fsp3) is 0.190. The Morgan fingerprint density at radius 2 is 1.59 bits per heavy atom. The minimum Gasteiger partial charge on any atom is -0.352 e. The molecule has 1 amide bonds. The second kappa shape index (κ2) is 8.35. The molecule has 0 unspecified atom stereocenters. The molecule has 5 nitrogen and oxygen atoms in total. The van der Waals surface area contributed by atoms with Crippen LogP contribution in [-0.4, -0.2) is 47.2 Å². The first-order valence-corrected chi connectivity index (χ1v) is 9.87. The zero-order chi connectivity index (χ0) is 20.4. The van der Waals surface area contributed by atoms with Gasteiger partial charge in [-0.25, -0.2) is 4.39 Å². The molecular weight excluding hydrogens is 414 g/mol. The summed E-state index contributed by atoms with van der Waals surface area (Å²) in [5, 5.41) is 9.34. The van der Waals surface area contributed by atoms with E-state index < -0.39 is 11.7 Å². The number of hydrogen-bond donors (Lipinski definition) is 0. The summed E-state index contributed by atoms with van der Waals surface area (Å²) in [6.45, 7) is 2.02. The molecule has 1 aromatic heterocycles. The lowest BCUT2D eigenvalue weighted by molar-refractivity contribution is 0.0742. The average molecular weight is 431 g/mol. The minimum absolute atomic E-state index is 0.0773. The molecule has 0 spiro atoms. The molecule has 8 heteroatoms. The highest BCUT2D eigenvalue weighted by atomic mass is 35.5. The molecule has 148 valence electrons. The number of halogens is 3. The summed E-state index contributed by atoms with van der Waals surface area (Å²) in [7, 11) is 0. The number of hydrogen-bond acceptors (Lipinski definition) is 4. The number of nitrogens with zero attached hydrogens (tertiary/aromatic N) is 4. The Bertz CT molecular complexity index is 1020. The van der Waals surface area contributed by atoms with Gasteiger partial charge in [0.25, 0.3) is 5.91 Å². The maximum Gasteiger partial charge on any atom is 0.258 e. The van der Waals surface area contributed by atoms with Gasteiger partial charge in [-0.1, -0.05) is 47.5 Å². The largest absolute Gasteiger partial charge is 0.352 e. The summed E-state index contributed by atoms with van der Waals surface area (Å²) in [5.74, 6) is -0.282. The topological polar surface area (TPSA) is 49.3 Å². The van der Waals surface area contributed by atoms with Crippen LogP contribution in [0.4, 0.5) is 10.2 Å². The van der Waals surface area contributed by atoms with Crippen LogP contribution in [0.1, 0.15) is 10.4 Å². The molecule has 3 aromatic rings. The average Bonchev–Trinajstić information content (AvgIpc) is 2.74. The summed E-state index contributed by atoms with van der Waals surface area (Å²) in [6, 6.07) is 15.5. The molecule has 1 aliphatic rings. The Morgan fingerprint density at radius 1 is 0.862 bits per heavy atom. The number of anilines is 1. The number of carbonyl (C=O) groups is 1. The Morgan fingerprint density at radius 3 is 2.24 bits per heavy atom. The number of aromatic nitrogens is 2. The van der Waals surface area contributed by atoms with Gasteiger partial charge in [0.2, 0.25) is 0 Å². The van der Waals surface area contributed by atoms with Crippen molar-refractivity contribution in [3.63, 3.8) is 0 Å². The van der Waals surface area contributed by atoms with Gasteiger partial charge in [0, 0.05) is 31.7 Å². The van der Waals surface area contributed by atoms with Gasteiger partial charge < -0.3 is 9.80 Å². The maximum atomic E-state index is 14.0. The Balaban J connectivity index is 1.43. The van der Waals surface area contributed by atoms with Gasteiger partial charge in [-0.2, -0.15) is 0 Å². The van der Waals surface area contributed by atoms with E-state index >= 15 is 0 Å². The van der Waals surface area contributed by atoms with Crippen molar-refractivity contribution in [2.24, 2.45) is 0 Å². The zero-order valence-electron chi connectivity index (χ0n) is 15.4. The van der Waals surface area contributed by atoms with Crippen LogP contribution in [0.5, 0.6) is 0 Å². The third kappa shape index (κ3) is 4.04. The van der Waals surface area contributed by atoms with Crippen LogP contribution in [0.2, 0.25) is 10.0 Å². The lowest BCUT2D eigenvalue weighted by Gasteiger charge is -2.35. The van der Waals surface area contributed by atoms with Crippen molar-refractivity contribution in [3.8, 4) is 11.3 Å². The van der Waals surface area contributed by atoms with Crippen LogP contribution in [0, 0.1) is 5.82 Å². The molecule has 0 radical (unpaired) electrons. The maximum absolute atomic E-state index is 14.0. The smallest absolute Gasteiger partial charge is 0.258 e. The molecule has 4 rings (SSSR count). The van der Waals surface area contributed by atoms with Crippen molar-refractivity contribution in [1.29, 1.82) is 0 Å². The predicted molar refractivity (Wildman–Crippen MR) is 112 cm³/mol. The van der Waals surface area contributed by atoms with E-state index in [1.54, 1.807) is 4.90 Å². The van der Waals surface area contributed by atoms with Gasteiger partial charge in [0.1, 0.15) is 5.82 Å². The van der Waals surface area contributed by atoms with E-state index in [1.165, 1.54) is 18.2 Å². The quantitative estimate of drug-likeness (QED) is 0.611. The Kier molecular flexibility index (Phi) is 5.65. The minimum atomic E-state index is -0.606. The van der Waals surface area contributed by atoms with Gasteiger partial charge in [-0.05, 0) is 30.3 Å². The monoisotopic (exact) mass is 430 g/mol. The highest BCUT2D eigenvalue weighted by Gasteiger charge is 2.26. The lowest BCUT2D eigenvalue weighted by atomic mass is 10.1. The van der Waals surface area contributed by atoms with Crippen molar-refractivity contribution in [1.82, 2.24) is 15.1 Å². The summed E-state index contributed by atoms with van der Waals surface area (Å²) in [6.07, 6.45) is 0. The van der Waals surface area contributed by atoms with Gasteiger partial charge in [0.05, 0.1) is 21.3 Å². The zero-order valence-corrected chi connectivity index (χ0v) is 16.9. The van der Waals surface area contributed by atoms with Crippen molar-refractivity contribution in [2.75, 3.05) is 31.1 Å². The summed E-state index contributed by atoms with van der Waals surface area (Å²) >= 11 is 12.2. The second-order valence-corrected chi connectivity index (χ2v) is 7.45. The molecule has 0 saturated carbocycles. The van der Waals surface area contributed by atoms with Crippen molar-refractivity contribution in [3.05, 3.63) is 76.0 Å². The SMILES string of the molecule is O=C(c1c(F)cccc1Cl)N1CCN(c2ccc(-c3ccccc3Cl)nn2)CC1. The molecule has 0 aliphatic carbocycles. The van der Waals surface area contributed by atoms with E-state index in [4.69, 9.17) is 23.2 Å². The molecule has 1 fully saturated rings. The third-order valence-electron chi connectivity index (χ3n) is 4.87. The summed E-state index contributed by atoms with van der Waals surface area (Å²) < 4.78 is 14.0. The molecule has 0 atom stereocenters. The van der Waals surface area contributed by atoms with Crippen molar-refractivity contribution >= 4 is 34.9 Å². The predicted octanol–water partition coefficient (Wildman–Crippen LogP) is 4.55. The second-order valence-electron chi connectivity index (χ2n) is 6.63. The van der Waals surface area contributed by atoms with E-state index in [2.05, 4.69) is 10.2 Å². The number of piperazine rings is 1. The van der Waals surface area contributed by atoms with Crippen LogP contribution < -0.4 is 4.90 Å². The van der Waals surface area contributed by atoms with E-state index in [-0.39, 0.29) is 10.6 Å². The van der Waals surface area contributed by atoms with Crippen LogP contribution in [0.25, 0.3) is 11.3 Å². The molecule has 0 N–H and O–H groups in total. The molecule has 2 heterocycles. The molecule has 2 aromatic carbocycles. The molecular formula is C21H17Cl2FN4O. The number of rotatable bonds is 3. The van der Waals surface area contributed by atoms with Crippen LogP contribution in [0.15, 0.2) is 54.6 Å². The molecule has 29 heavy (non-hydrogen) atoms. The van der Waals surface area contributed by atoms with Gasteiger partial charge in [0.15, 0.2) is 5.82 Å². The van der Waals surface area contributed by atoms with Crippen LogP contribution >= 0.6 is 23.2 Å². The van der Waals surface area contributed by atoms with Crippen molar-refractivity contribution < 1.29 is 9.18 Å². The highest BCUT2D eigenvalue weighted by Crippen LogP contribution is 2.27. The summed E-state index contributed by atoms with van der Waals surface area (Å²) in [4.78, 5) is 16.3. The third-order valence-corrected chi connectivity index (χ3v) is 5.51. The van der Waals surface area contributed by atoms with Gasteiger partial charge in [-0.3, -0.25) is 4.79 Å². The Hall–Kier alpha value is -2.70. The van der Waals surface area contributed by atoms with E-state index in [0.29, 0.717) is 36.9 Å². The first-order chi connectivity index (χ1) is 14.0. The van der Waals surface area contributed by atoms with Crippen LogP contribution in [-0.2, 0) is 0 Å². The lowest BCUT2D eigenvalue weighted by Crippen LogP contribution is -2.49. The van der Waals surface area contributed by atoms with E-state index in [0.717, 1.165) is 11.4 Å². The number of carbonyl (C=O) groups excluding carboxylic acids is 1. The fourth-order valence-corrected chi connectivity index (χ4v) is 3.78. The standard InChI is InChI=1S/C21H17Cl2FN4O/c22-15-5-2-1-4-14(15)18-8-9-19(26-25-18)27-10-12-28(13-11-27)21(29)20-16(23)6-3-7-17(20)24/h1-9H,10-13H2.